The summed E-state index contributed by atoms with van der Waals surface area (Å²) in [6.45, 7) is 4.16. The number of esters is 1. The Morgan fingerprint density at radius 3 is 2.52 bits per heavy atom. The SMILES string of the molecule is CCCOC(=O)c1cc(C(O)(C=O)CC)c(COCc2ccccc2)c(OC)n1. The van der Waals surface area contributed by atoms with Gasteiger partial charge in [0.2, 0.25) is 5.88 Å². The van der Waals surface area contributed by atoms with Gasteiger partial charge < -0.3 is 19.3 Å². The summed E-state index contributed by atoms with van der Waals surface area (Å²) in [5.74, 6) is -0.541. The van der Waals surface area contributed by atoms with E-state index in [1.807, 2.05) is 37.3 Å². The highest BCUT2D eigenvalue weighted by Crippen LogP contribution is 2.32. The lowest BCUT2D eigenvalue weighted by Crippen LogP contribution is -2.29. The van der Waals surface area contributed by atoms with Crippen molar-refractivity contribution in [1.29, 1.82) is 0 Å². The molecule has 0 fully saturated rings. The highest BCUT2D eigenvalue weighted by atomic mass is 16.5. The van der Waals surface area contributed by atoms with E-state index in [1.165, 1.54) is 13.2 Å². The molecule has 1 N–H and O–H groups in total. The molecule has 0 aliphatic rings. The number of ether oxygens (including phenoxy) is 3. The fourth-order valence-corrected chi connectivity index (χ4v) is 2.80. The first-order valence-electron chi connectivity index (χ1n) is 9.54. The Balaban J connectivity index is 2.40. The number of pyridine rings is 1. The number of aldehydes is 1. The highest BCUT2D eigenvalue weighted by Gasteiger charge is 2.33. The topological polar surface area (TPSA) is 95.0 Å². The summed E-state index contributed by atoms with van der Waals surface area (Å²) in [4.78, 5) is 28.2. The molecule has 0 aliphatic heterocycles. The summed E-state index contributed by atoms with van der Waals surface area (Å²) in [5, 5.41) is 10.8. The molecule has 0 bridgehead atoms. The van der Waals surface area contributed by atoms with Crippen LogP contribution < -0.4 is 4.74 Å². The Hall–Kier alpha value is -2.77. The first-order chi connectivity index (χ1) is 14.0. The van der Waals surface area contributed by atoms with E-state index in [2.05, 4.69) is 4.98 Å². The van der Waals surface area contributed by atoms with Crippen LogP contribution in [-0.4, -0.2) is 36.1 Å². The molecule has 0 radical (unpaired) electrons. The third-order valence-corrected chi connectivity index (χ3v) is 4.48. The second kappa shape index (κ2) is 10.7. The minimum absolute atomic E-state index is 0.0363. The fourth-order valence-electron chi connectivity index (χ4n) is 2.80. The lowest BCUT2D eigenvalue weighted by atomic mass is 9.89. The molecule has 1 unspecified atom stereocenters. The molecule has 2 rings (SSSR count). The molecule has 1 heterocycles. The zero-order valence-corrected chi connectivity index (χ0v) is 17.0. The first kappa shape index (κ1) is 22.5. The average Bonchev–Trinajstić information content (AvgIpc) is 2.77. The molecule has 7 nitrogen and oxygen atoms in total. The van der Waals surface area contributed by atoms with Gasteiger partial charge in [0.05, 0.1) is 26.9 Å². The molecule has 0 aliphatic carbocycles. The second-order valence-corrected chi connectivity index (χ2v) is 6.55. The molecule has 1 aromatic carbocycles. The van der Waals surface area contributed by atoms with Crippen LogP contribution in [0.3, 0.4) is 0 Å². The number of carbonyl (C=O) groups is 2. The van der Waals surface area contributed by atoms with Crippen LogP contribution in [0.5, 0.6) is 5.88 Å². The van der Waals surface area contributed by atoms with Crippen molar-refractivity contribution in [2.75, 3.05) is 13.7 Å². The number of carbonyl (C=O) groups excluding carboxylic acids is 2. The normalized spacial score (nSPS) is 12.8. The first-order valence-corrected chi connectivity index (χ1v) is 9.54. The number of hydrogen-bond donors (Lipinski definition) is 1. The maximum atomic E-state index is 12.3. The van der Waals surface area contributed by atoms with Crippen molar-refractivity contribution < 1.29 is 28.9 Å². The third kappa shape index (κ3) is 5.62. The largest absolute Gasteiger partial charge is 0.481 e. The number of methoxy groups -OCH3 is 1. The molecule has 0 saturated heterocycles. The molecule has 1 aromatic heterocycles. The van der Waals surface area contributed by atoms with Crippen molar-refractivity contribution >= 4 is 12.3 Å². The van der Waals surface area contributed by atoms with Crippen LogP contribution in [-0.2, 0) is 33.1 Å². The van der Waals surface area contributed by atoms with Crippen LogP contribution in [0.25, 0.3) is 0 Å². The number of aromatic nitrogens is 1. The maximum absolute atomic E-state index is 12.3. The van der Waals surface area contributed by atoms with Gasteiger partial charge in [-0.25, -0.2) is 9.78 Å². The monoisotopic (exact) mass is 401 g/mol. The summed E-state index contributed by atoms with van der Waals surface area (Å²) >= 11 is 0. The second-order valence-electron chi connectivity index (χ2n) is 6.55. The molecule has 29 heavy (non-hydrogen) atoms. The Kier molecular flexibility index (Phi) is 8.30. The Morgan fingerprint density at radius 2 is 1.93 bits per heavy atom. The standard InChI is InChI=1S/C22H27NO6/c1-4-11-29-21(25)19-12-18(22(26,5-2)15-24)17(20(23-19)27-3)14-28-13-16-9-7-6-8-10-16/h6-10,12,15,26H,4-5,11,13-14H2,1-3H3. The fraction of sp³-hybridized carbons (Fsp3) is 0.409. The maximum Gasteiger partial charge on any atom is 0.357 e. The number of aliphatic hydroxyl groups is 1. The van der Waals surface area contributed by atoms with Crippen LogP contribution in [0.2, 0.25) is 0 Å². The van der Waals surface area contributed by atoms with E-state index in [9.17, 15) is 14.7 Å². The van der Waals surface area contributed by atoms with Gasteiger partial charge in [0.15, 0.2) is 12.0 Å². The van der Waals surface area contributed by atoms with E-state index in [1.54, 1.807) is 6.92 Å². The Morgan fingerprint density at radius 1 is 1.21 bits per heavy atom. The van der Waals surface area contributed by atoms with Gasteiger partial charge in [-0.2, -0.15) is 0 Å². The van der Waals surface area contributed by atoms with Crippen LogP contribution in [0.1, 0.15) is 53.9 Å². The quantitative estimate of drug-likeness (QED) is 0.456. The van der Waals surface area contributed by atoms with Gasteiger partial charge in [0, 0.05) is 11.1 Å². The number of hydrogen-bond acceptors (Lipinski definition) is 7. The van der Waals surface area contributed by atoms with Gasteiger partial charge in [-0.1, -0.05) is 44.2 Å². The summed E-state index contributed by atoms with van der Waals surface area (Å²) in [6, 6.07) is 11.0. The molecular formula is C22H27NO6. The van der Waals surface area contributed by atoms with Crippen molar-refractivity contribution in [3.05, 3.63) is 58.8 Å². The zero-order chi connectivity index (χ0) is 21.3. The molecule has 0 saturated carbocycles. The summed E-state index contributed by atoms with van der Waals surface area (Å²) in [7, 11) is 1.40. The molecular weight excluding hydrogens is 374 g/mol. The number of nitrogens with zero attached hydrogens (tertiary/aromatic N) is 1. The van der Waals surface area contributed by atoms with Gasteiger partial charge in [-0.15, -0.1) is 0 Å². The molecule has 0 spiro atoms. The van der Waals surface area contributed by atoms with Crippen molar-refractivity contribution in [2.45, 2.75) is 45.5 Å². The summed E-state index contributed by atoms with van der Waals surface area (Å²) in [6.07, 6.45) is 1.22. The van der Waals surface area contributed by atoms with Crippen LogP contribution >= 0.6 is 0 Å². The van der Waals surface area contributed by atoms with E-state index in [4.69, 9.17) is 14.2 Å². The predicted octanol–water partition coefficient (Wildman–Crippen LogP) is 3.17. The molecule has 7 heteroatoms. The van der Waals surface area contributed by atoms with Gasteiger partial charge in [0.1, 0.15) is 5.60 Å². The predicted molar refractivity (Wildman–Crippen MR) is 107 cm³/mol. The van der Waals surface area contributed by atoms with Crippen LogP contribution in [0.4, 0.5) is 0 Å². The molecule has 2 aromatic rings. The third-order valence-electron chi connectivity index (χ3n) is 4.48. The molecule has 1 atom stereocenters. The minimum atomic E-state index is -1.80. The zero-order valence-electron chi connectivity index (χ0n) is 17.0. The minimum Gasteiger partial charge on any atom is -0.481 e. The van der Waals surface area contributed by atoms with E-state index < -0.39 is 11.6 Å². The van der Waals surface area contributed by atoms with E-state index in [0.717, 1.165) is 5.56 Å². The van der Waals surface area contributed by atoms with Gasteiger partial charge in [0.25, 0.3) is 0 Å². The summed E-state index contributed by atoms with van der Waals surface area (Å²) < 4.78 is 16.2. The Labute approximate surface area is 170 Å². The van der Waals surface area contributed by atoms with Crippen LogP contribution in [0.15, 0.2) is 36.4 Å². The van der Waals surface area contributed by atoms with Gasteiger partial charge >= 0.3 is 5.97 Å². The van der Waals surface area contributed by atoms with Crippen molar-refractivity contribution in [2.24, 2.45) is 0 Å². The summed E-state index contributed by atoms with van der Waals surface area (Å²) in [5.41, 5.74) is -0.237. The van der Waals surface area contributed by atoms with Crippen molar-refractivity contribution in [3.63, 3.8) is 0 Å². The van der Waals surface area contributed by atoms with Gasteiger partial charge in [-0.05, 0) is 24.5 Å². The lowest BCUT2D eigenvalue weighted by Gasteiger charge is -2.25. The number of rotatable bonds is 11. The molecule has 0 amide bonds. The van der Waals surface area contributed by atoms with E-state index in [0.29, 0.717) is 24.9 Å². The number of benzene rings is 1. The molecule has 156 valence electrons. The smallest absolute Gasteiger partial charge is 0.357 e. The van der Waals surface area contributed by atoms with Crippen LogP contribution in [0, 0.1) is 0 Å². The Bertz CT molecular complexity index is 824. The van der Waals surface area contributed by atoms with Crippen molar-refractivity contribution in [3.8, 4) is 5.88 Å². The van der Waals surface area contributed by atoms with Crippen molar-refractivity contribution in [1.82, 2.24) is 4.98 Å². The lowest BCUT2D eigenvalue weighted by molar-refractivity contribution is -0.125. The highest BCUT2D eigenvalue weighted by molar-refractivity contribution is 5.88. The van der Waals surface area contributed by atoms with E-state index in [-0.39, 0.29) is 36.8 Å². The van der Waals surface area contributed by atoms with Gasteiger partial charge in [-0.3, -0.25) is 4.79 Å². The average molecular weight is 401 g/mol. The van der Waals surface area contributed by atoms with E-state index >= 15 is 0 Å².